The Kier molecular flexibility index (Phi) is 9.62. The third-order valence-electron chi connectivity index (χ3n) is 4.93. The van der Waals surface area contributed by atoms with E-state index in [0.29, 0.717) is 6.07 Å². The minimum absolute atomic E-state index is 0. The molecule has 210 valence electrons. The number of halogens is 2. The topological polar surface area (TPSA) is 259 Å². The fraction of sp³-hybridized carbons (Fsp3) is 0. The molecule has 0 amide bonds. The van der Waals surface area contributed by atoms with Gasteiger partial charge < -0.3 is 10.4 Å². The number of hydrogen-bond donors (Lipinski definition) is 5. The van der Waals surface area contributed by atoms with E-state index < -0.39 is 62.2 Å². The van der Waals surface area contributed by atoms with Crippen molar-refractivity contribution >= 4 is 87.3 Å². The zero-order valence-corrected chi connectivity index (χ0v) is 26.0. The molecule has 3 aromatic carbocycles. The minimum atomic E-state index is -5.20. The average Bonchev–Trinajstić information content (AvgIpc) is 2.80. The maximum Gasteiger partial charge on any atom is 1.00 e. The molecule has 0 bridgehead atoms. The number of phenols is 1. The Morgan fingerprint density at radius 2 is 1.34 bits per heavy atom. The van der Waals surface area contributed by atoms with Crippen molar-refractivity contribution in [2.75, 3.05) is 5.32 Å². The van der Waals surface area contributed by atoms with E-state index in [2.05, 4.69) is 30.5 Å². The standard InChI is InChI=1S/C19H12Cl2N6O10S3.Na/c20-17-23-18(21)25-19(24-17)22-11-7-9(38(29,30)31)5-8-6-13(40(35,36)37)15(16(28)14(8)11)27-26-10-3-1-2-4-12(10)39(32,33)34;/h1-7,28H,(H,29,30,31)(H,32,33,34)(H,35,36,37)(H,22,23,24,25);/q;+1. The van der Waals surface area contributed by atoms with Crippen molar-refractivity contribution in [2.24, 2.45) is 10.2 Å². The molecule has 41 heavy (non-hydrogen) atoms. The number of fused-ring (bicyclic) bond motifs is 1. The van der Waals surface area contributed by atoms with E-state index in [4.69, 9.17) is 23.2 Å². The summed E-state index contributed by atoms with van der Waals surface area (Å²) in [5.41, 5.74) is -1.76. The van der Waals surface area contributed by atoms with Crippen LogP contribution in [0.25, 0.3) is 10.8 Å². The molecule has 5 N–H and O–H groups in total. The first-order valence-electron chi connectivity index (χ1n) is 10.1. The second-order valence-electron chi connectivity index (χ2n) is 7.56. The molecule has 0 saturated heterocycles. The molecule has 16 nitrogen and oxygen atoms in total. The van der Waals surface area contributed by atoms with Crippen molar-refractivity contribution in [2.45, 2.75) is 14.7 Å². The van der Waals surface area contributed by atoms with Gasteiger partial charge in [0.15, 0.2) is 5.75 Å². The predicted molar refractivity (Wildman–Crippen MR) is 139 cm³/mol. The van der Waals surface area contributed by atoms with Crippen molar-refractivity contribution < 1.29 is 73.6 Å². The van der Waals surface area contributed by atoms with Crippen LogP contribution in [0.3, 0.4) is 0 Å². The molecule has 0 aliphatic carbocycles. The number of nitrogens with zero attached hydrogens (tertiary/aromatic N) is 5. The summed E-state index contributed by atoms with van der Waals surface area (Å²) in [6, 6.07) is 6.91. The van der Waals surface area contributed by atoms with Gasteiger partial charge in [-0.05, 0) is 58.9 Å². The van der Waals surface area contributed by atoms with Crippen molar-refractivity contribution in [1.82, 2.24) is 15.0 Å². The fourth-order valence-electron chi connectivity index (χ4n) is 3.36. The van der Waals surface area contributed by atoms with Gasteiger partial charge in [-0.25, -0.2) is 0 Å². The molecule has 4 rings (SSSR count). The summed E-state index contributed by atoms with van der Waals surface area (Å²) < 4.78 is 100. The minimum Gasteiger partial charge on any atom is -0.505 e. The molecule has 0 aliphatic rings. The zero-order chi connectivity index (χ0) is 29.6. The van der Waals surface area contributed by atoms with Crippen LogP contribution in [0.1, 0.15) is 0 Å². The summed E-state index contributed by atoms with van der Waals surface area (Å²) in [4.78, 5) is 8.44. The maximum absolute atomic E-state index is 12.2. The Bertz CT molecular complexity index is 2040. The largest absolute Gasteiger partial charge is 1.00 e. The third kappa shape index (κ3) is 7.45. The number of phenolic OH excluding ortho intramolecular Hbond substituents is 1. The van der Waals surface area contributed by atoms with Crippen LogP contribution in [-0.4, -0.2) is 59.0 Å². The second-order valence-corrected chi connectivity index (χ2v) is 12.4. The van der Waals surface area contributed by atoms with Gasteiger partial charge >= 0.3 is 29.6 Å². The maximum atomic E-state index is 12.2. The molecule has 0 aliphatic heterocycles. The smallest absolute Gasteiger partial charge is 0.505 e. The number of nitrogens with one attached hydrogen (secondary N) is 1. The molecule has 0 spiro atoms. The van der Waals surface area contributed by atoms with E-state index in [9.17, 15) is 44.0 Å². The molecule has 0 radical (unpaired) electrons. The molecule has 4 aromatic rings. The molecular weight excluding hydrogens is 662 g/mol. The number of hydrogen-bond acceptors (Lipinski definition) is 13. The van der Waals surface area contributed by atoms with Gasteiger partial charge in [0.25, 0.3) is 30.4 Å². The van der Waals surface area contributed by atoms with E-state index in [1.807, 2.05) is 0 Å². The number of rotatable bonds is 7. The number of azo groups is 1. The summed E-state index contributed by atoms with van der Waals surface area (Å²) in [5, 5.41) is 19.3. The van der Waals surface area contributed by atoms with Crippen molar-refractivity contribution in [3.8, 4) is 5.75 Å². The summed E-state index contributed by atoms with van der Waals surface area (Å²) in [5.74, 6) is -1.39. The number of aromatic hydroxyl groups is 1. The molecule has 0 atom stereocenters. The quantitative estimate of drug-likeness (QED) is 0.104. The Morgan fingerprint density at radius 1 is 0.756 bits per heavy atom. The molecule has 0 saturated carbocycles. The fourth-order valence-corrected chi connectivity index (χ4v) is 5.55. The van der Waals surface area contributed by atoms with Crippen molar-refractivity contribution in [3.05, 3.63) is 53.0 Å². The van der Waals surface area contributed by atoms with Gasteiger partial charge in [0, 0.05) is 5.39 Å². The van der Waals surface area contributed by atoms with Crippen LogP contribution in [-0.2, 0) is 30.4 Å². The first kappa shape index (κ1) is 32.9. The van der Waals surface area contributed by atoms with Gasteiger partial charge in [0.2, 0.25) is 16.5 Å². The van der Waals surface area contributed by atoms with Gasteiger partial charge in [0.05, 0.1) is 10.6 Å². The molecule has 1 aromatic heterocycles. The summed E-state index contributed by atoms with van der Waals surface area (Å²) >= 11 is 11.5. The Labute approximate surface area is 263 Å². The molecule has 0 unspecified atom stereocenters. The van der Waals surface area contributed by atoms with Gasteiger partial charge in [0.1, 0.15) is 21.2 Å². The summed E-state index contributed by atoms with van der Waals surface area (Å²) in [6.45, 7) is 0. The first-order valence-corrected chi connectivity index (χ1v) is 15.1. The van der Waals surface area contributed by atoms with Crippen molar-refractivity contribution in [3.63, 3.8) is 0 Å². The van der Waals surface area contributed by atoms with Gasteiger partial charge in [-0.2, -0.15) is 40.2 Å². The Hall–Kier alpha value is -2.56. The van der Waals surface area contributed by atoms with Crippen LogP contribution in [0.15, 0.2) is 67.4 Å². The SMILES string of the molecule is O=S(=O)(O)c1cc(Nc2nc(Cl)nc(Cl)n2)c2c(O)c(N=Nc3ccccc3S(=O)(=O)O)c(S(=O)(=O)O)cc2c1.[Na+]. The summed E-state index contributed by atoms with van der Waals surface area (Å²) in [7, 11) is -14.9. The van der Waals surface area contributed by atoms with Gasteiger partial charge in [-0.3, -0.25) is 13.7 Å². The van der Waals surface area contributed by atoms with Crippen LogP contribution in [0.5, 0.6) is 5.75 Å². The number of anilines is 2. The van der Waals surface area contributed by atoms with Crippen LogP contribution >= 0.6 is 23.2 Å². The Balaban J connectivity index is 0.00000462. The number of benzene rings is 3. The number of aromatic nitrogens is 3. The molecule has 1 heterocycles. The Morgan fingerprint density at radius 3 is 1.90 bits per heavy atom. The first-order chi connectivity index (χ1) is 18.4. The van der Waals surface area contributed by atoms with Gasteiger partial charge in [-0.1, -0.05) is 12.1 Å². The molecular formula is C19H12Cl2N6NaO10S3+. The van der Waals surface area contributed by atoms with E-state index in [0.717, 1.165) is 24.3 Å². The average molecular weight is 674 g/mol. The van der Waals surface area contributed by atoms with E-state index in [-0.39, 0.29) is 62.5 Å². The monoisotopic (exact) mass is 673 g/mol. The van der Waals surface area contributed by atoms with Crippen LogP contribution in [0.4, 0.5) is 23.0 Å². The van der Waals surface area contributed by atoms with E-state index >= 15 is 0 Å². The summed E-state index contributed by atoms with van der Waals surface area (Å²) in [6.07, 6.45) is 0. The predicted octanol–water partition coefficient (Wildman–Crippen LogP) is 0.940. The third-order valence-corrected chi connectivity index (χ3v) is 7.86. The van der Waals surface area contributed by atoms with Crippen LogP contribution < -0.4 is 34.9 Å². The zero-order valence-electron chi connectivity index (χ0n) is 20.0. The van der Waals surface area contributed by atoms with Crippen LogP contribution in [0.2, 0.25) is 10.6 Å². The van der Waals surface area contributed by atoms with E-state index in [1.165, 1.54) is 12.1 Å². The second kappa shape index (κ2) is 12.0. The molecule has 0 fully saturated rings. The van der Waals surface area contributed by atoms with E-state index in [1.54, 1.807) is 0 Å². The molecule has 22 heteroatoms. The van der Waals surface area contributed by atoms with Gasteiger partial charge in [-0.15, -0.1) is 10.2 Å². The normalized spacial score (nSPS) is 12.4. The van der Waals surface area contributed by atoms with Crippen LogP contribution in [0, 0.1) is 0 Å². The van der Waals surface area contributed by atoms with Crippen molar-refractivity contribution in [1.29, 1.82) is 0 Å².